The second-order valence-electron chi connectivity index (χ2n) is 11.0. The van der Waals surface area contributed by atoms with Crippen molar-refractivity contribution in [2.45, 2.75) is 31.8 Å². The molecule has 1 aliphatic rings. The van der Waals surface area contributed by atoms with Crippen LogP contribution >= 0.6 is 11.3 Å². The van der Waals surface area contributed by atoms with Gasteiger partial charge in [-0.2, -0.15) is 5.10 Å². The standard InChI is InChI=1S/C33H33N7O4S/c1-42-20-4-5-21-43-27-16-18-38(19-17-27)26-14-12-24(13-15-26)31-36-39-30(22-34-33(39)45-31)23-8-10-25(11-9-23)32(41)44-40-29-7-3-2-6-28(29)35-37-40/h2-3,6-15,22,27H,4-5,16-21H2,1H3. The molecule has 45 heavy (non-hydrogen) atoms. The van der Waals surface area contributed by atoms with Crippen LogP contribution < -0.4 is 9.74 Å². The predicted octanol–water partition coefficient (Wildman–Crippen LogP) is 5.55. The Kier molecular flexibility index (Phi) is 8.50. The average molecular weight is 624 g/mol. The topological polar surface area (TPSA) is 109 Å². The van der Waals surface area contributed by atoms with E-state index in [1.54, 1.807) is 48.9 Å². The Morgan fingerprint density at radius 2 is 1.69 bits per heavy atom. The lowest BCUT2D eigenvalue weighted by Crippen LogP contribution is -2.37. The zero-order valence-corrected chi connectivity index (χ0v) is 25.7. The number of aromatic nitrogens is 6. The van der Waals surface area contributed by atoms with E-state index in [1.807, 2.05) is 28.8 Å². The van der Waals surface area contributed by atoms with Gasteiger partial charge in [0, 0.05) is 50.2 Å². The molecule has 3 aromatic carbocycles. The highest BCUT2D eigenvalue weighted by Gasteiger charge is 2.21. The summed E-state index contributed by atoms with van der Waals surface area (Å²) < 4.78 is 13.0. The Hall–Kier alpha value is -4.65. The van der Waals surface area contributed by atoms with Crippen molar-refractivity contribution in [1.29, 1.82) is 0 Å². The number of hydrogen-bond donors (Lipinski definition) is 0. The summed E-state index contributed by atoms with van der Waals surface area (Å²) in [4.78, 5) is 27.2. The molecule has 7 rings (SSSR count). The van der Waals surface area contributed by atoms with Gasteiger partial charge in [0.15, 0.2) is 0 Å². The van der Waals surface area contributed by atoms with Gasteiger partial charge in [0.2, 0.25) is 4.96 Å². The molecule has 1 aliphatic heterocycles. The zero-order chi connectivity index (χ0) is 30.6. The first-order chi connectivity index (χ1) is 22.2. The summed E-state index contributed by atoms with van der Waals surface area (Å²) in [7, 11) is 1.74. The molecule has 0 N–H and O–H groups in total. The van der Waals surface area contributed by atoms with Gasteiger partial charge in [0.25, 0.3) is 0 Å². The van der Waals surface area contributed by atoms with Crippen molar-refractivity contribution in [3.63, 3.8) is 0 Å². The smallest absolute Gasteiger partial charge is 0.365 e. The predicted molar refractivity (Wildman–Crippen MR) is 172 cm³/mol. The fourth-order valence-corrected chi connectivity index (χ4v) is 6.40. The van der Waals surface area contributed by atoms with Crippen LogP contribution in [-0.4, -0.2) is 75.2 Å². The zero-order valence-electron chi connectivity index (χ0n) is 24.9. The van der Waals surface area contributed by atoms with Gasteiger partial charge in [-0.1, -0.05) is 40.4 Å². The minimum Gasteiger partial charge on any atom is -0.385 e. The average Bonchev–Trinajstić information content (AvgIpc) is 3.80. The number of rotatable bonds is 11. The maximum absolute atomic E-state index is 12.8. The number of methoxy groups -OCH3 is 1. The van der Waals surface area contributed by atoms with Crippen LogP contribution in [0.25, 0.3) is 37.8 Å². The molecule has 1 saturated heterocycles. The summed E-state index contributed by atoms with van der Waals surface area (Å²) in [6.45, 7) is 3.59. The maximum atomic E-state index is 12.8. The van der Waals surface area contributed by atoms with Crippen molar-refractivity contribution in [3.8, 4) is 21.8 Å². The van der Waals surface area contributed by atoms with E-state index < -0.39 is 5.97 Å². The SMILES string of the molecule is COCCCCOC1CCN(c2ccc(-c3nn4c(-c5ccc(C(=O)On6nnc7ccccc76)cc5)cnc4s3)cc2)CC1. The molecule has 0 aliphatic carbocycles. The van der Waals surface area contributed by atoms with Crippen LogP contribution in [0, 0.1) is 0 Å². The van der Waals surface area contributed by atoms with E-state index in [-0.39, 0.29) is 0 Å². The number of piperidine rings is 1. The third-order valence-electron chi connectivity index (χ3n) is 8.01. The fraction of sp³-hybridized carbons (Fsp3) is 0.303. The number of imidazole rings is 1. The number of ether oxygens (including phenoxy) is 2. The van der Waals surface area contributed by atoms with Gasteiger partial charge in [0.1, 0.15) is 16.0 Å². The summed E-state index contributed by atoms with van der Waals surface area (Å²) in [5, 5.41) is 13.7. The molecule has 6 aromatic rings. The molecule has 4 heterocycles. The lowest BCUT2D eigenvalue weighted by molar-refractivity contribution is 0.0322. The maximum Gasteiger partial charge on any atom is 0.365 e. The van der Waals surface area contributed by atoms with Crippen LogP contribution in [0.3, 0.4) is 0 Å². The van der Waals surface area contributed by atoms with Gasteiger partial charge in [0.05, 0.1) is 23.6 Å². The molecule has 0 unspecified atom stereocenters. The van der Waals surface area contributed by atoms with Crippen LogP contribution in [0.15, 0.2) is 79.0 Å². The number of unbranched alkanes of at least 4 members (excludes halogenated alkanes) is 1. The van der Waals surface area contributed by atoms with Crippen LogP contribution in [0.1, 0.15) is 36.0 Å². The van der Waals surface area contributed by atoms with E-state index in [2.05, 4.69) is 44.5 Å². The molecule has 3 aromatic heterocycles. The van der Waals surface area contributed by atoms with Crippen LogP contribution in [-0.2, 0) is 9.47 Å². The molecule has 0 saturated carbocycles. The summed E-state index contributed by atoms with van der Waals surface area (Å²) >= 11 is 1.54. The Labute approximate surface area is 263 Å². The molecule has 230 valence electrons. The number of nitrogens with zero attached hydrogens (tertiary/aromatic N) is 7. The number of anilines is 1. The van der Waals surface area contributed by atoms with Gasteiger partial charge >= 0.3 is 5.97 Å². The second kappa shape index (κ2) is 13.1. The van der Waals surface area contributed by atoms with Gasteiger partial charge < -0.3 is 19.2 Å². The summed E-state index contributed by atoms with van der Waals surface area (Å²) in [6, 6.07) is 23.1. The first kappa shape index (κ1) is 29.1. The highest BCUT2D eigenvalue weighted by Crippen LogP contribution is 2.31. The van der Waals surface area contributed by atoms with E-state index in [0.29, 0.717) is 22.7 Å². The fourth-order valence-electron chi connectivity index (χ4n) is 5.52. The minimum atomic E-state index is -0.526. The number of fused-ring (bicyclic) bond motifs is 2. The van der Waals surface area contributed by atoms with E-state index >= 15 is 0 Å². The Morgan fingerprint density at radius 3 is 2.49 bits per heavy atom. The molecular formula is C33H33N7O4S. The molecule has 0 amide bonds. The molecular weight excluding hydrogens is 590 g/mol. The van der Waals surface area contributed by atoms with Crippen LogP contribution in [0.5, 0.6) is 0 Å². The Morgan fingerprint density at radius 1 is 0.933 bits per heavy atom. The highest BCUT2D eigenvalue weighted by molar-refractivity contribution is 7.19. The second-order valence-corrected chi connectivity index (χ2v) is 11.9. The Bertz CT molecular complexity index is 1890. The van der Waals surface area contributed by atoms with Gasteiger partial charge in [-0.25, -0.2) is 14.3 Å². The number of benzene rings is 3. The van der Waals surface area contributed by atoms with Gasteiger partial charge in [-0.3, -0.25) is 0 Å². The number of carbonyl (C=O) groups is 1. The third kappa shape index (κ3) is 6.30. The van der Waals surface area contributed by atoms with E-state index in [4.69, 9.17) is 19.4 Å². The summed E-state index contributed by atoms with van der Waals surface area (Å²) in [5.74, 6) is -0.526. The molecule has 11 nitrogen and oxygen atoms in total. The molecule has 0 spiro atoms. The largest absolute Gasteiger partial charge is 0.385 e. The van der Waals surface area contributed by atoms with E-state index in [9.17, 15) is 4.79 Å². The first-order valence-corrected chi connectivity index (χ1v) is 15.9. The van der Waals surface area contributed by atoms with Crippen molar-refractivity contribution >= 4 is 39.0 Å². The van der Waals surface area contributed by atoms with Crippen molar-refractivity contribution in [1.82, 2.24) is 29.8 Å². The lowest BCUT2D eigenvalue weighted by Gasteiger charge is -2.33. The van der Waals surface area contributed by atoms with Gasteiger partial charge in [-0.15, -0.1) is 5.10 Å². The van der Waals surface area contributed by atoms with Gasteiger partial charge in [-0.05, 0) is 79.4 Å². The first-order valence-electron chi connectivity index (χ1n) is 15.1. The quantitative estimate of drug-likeness (QED) is 0.136. The normalized spacial score (nSPS) is 14.0. The van der Waals surface area contributed by atoms with Crippen LogP contribution in [0.4, 0.5) is 5.69 Å². The van der Waals surface area contributed by atoms with Crippen molar-refractivity contribution in [3.05, 3.63) is 84.6 Å². The lowest BCUT2D eigenvalue weighted by atomic mass is 10.1. The molecule has 12 heteroatoms. The Balaban J connectivity index is 0.983. The van der Waals surface area contributed by atoms with E-state index in [0.717, 1.165) is 83.6 Å². The van der Waals surface area contributed by atoms with Crippen molar-refractivity contribution in [2.75, 3.05) is 38.3 Å². The summed E-state index contributed by atoms with van der Waals surface area (Å²) in [5.41, 5.74) is 5.66. The van der Waals surface area contributed by atoms with Crippen molar-refractivity contribution < 1.29 is 19.1 Å². The third-order valence-corrected chi connectivity index (χ3v) is 8.98. The van der Waals surface area contributed by atoms with E-state index in [1.165, 1.54) is 5.69 Å². The number of carbonyl (C=O) groups excluding carboxylic acids is 1. The molecule has 0 bridgehead atoms. The minimum absolute atomic E-state index is 0.342. The highest BCUT2D eigenvalue weighted by atomic mass is 32.1. The molecule has 1 fully saturated rings. The number of para-hydroxylation sites is 1. The molecule has 0 radical (unpaired) electrons. The van der Waals surface area contributed by atoms with Crippen molar-refractivity contribution in [2.24, 2.45) is 0 Å². The summed E-state index contributed by atoms with van der Waals surface area (Å²) in [6.07, 6.45) is 6.32. The molecule has 0 atom stereocenters. The van der Waals surface area contributed by atoms with Crippen LogP contribution in [0.2, 0.25) is 0 Å². The number of hydrogen-bond acceptors (Lipinski definition) is 10. The monoisotopic (exact) mass is 623 g/mol.